The van der Waals surface area contributed by atoms with Gasteiger partial charge in [0.15, 0.2) is 0 Å². The van der Waals surface area contributed by atoms with Gasteiger partial charge in [-0.2, -0.15) is 9.37 Å². The van der Waals surface area contributed by atoms with Crippen molar-refractivity contribution in [2.24, 2.45) is 5.92 Å². The first-order chi connectivity index (χ1) is 18.2. The number of benzene rings is 2. The van der Waals surface area contributed by atoms with Crippen LogP contribution in [-0.2, 0) is 22.6 Å². The quantitative estimate of drug-likeness (QED) is 0.245. The standard InChI is InChI=1S/C27H24ClFN4O5/c1-17(26(35)37-2)15-33-25(34)14-23(32(27(33)36)16-18-6-8-19(28)9-7-18)30-20-10-12-21(13-11-20)38-24-5-3-4-22(29)31-24/h3-14,17,30H,15-16H2,1-2H3/t17-/m0/s1. The van der Waals surface area contributed by atoms with Gasteiger partial charge in [-0.05, 0) is 48.0 Å². The molecule has 196 valence electrons. The van der Waals surface area contributed by atoms with E-state index in [2.05, 4.69) is 10.3 Å². The van der Waals surface area contributed by atoms with Crippen LogP contribution in [0.2, 0.25) is 5.02 Å². The lowest BCUT2D eigenvalue weighted by molar-refractivity contribution is -0.145. The van der Waals surface area contributed by atoms with Crippen LogP contribution in [0.5, 0.6) is 11.6 Å². The monoisotopic (exact) mass is 538 g/mol. The van der Waals surface area contributed by atoms with Crippen molar-refractivity contribution in [1.82, 2.24) is 14.1 Å². The summed E-state index contributed by atoms with van der Waals surface area (Å²) in [5, 5.41) is 3.65. The summed E-state index contributed by atoms with van der Waals surface area (Å²) in [5.74, 6) is -1.12. The molecule has 0 saturated carbocycles. The summed E-state index contributed by atoms with van der Waals surface area (Å²) in [7, 11) is 1.25. The van der Waals surface area contributed by atoms with Crippen LogP contribution < -0.4 is 21.3 Å². The molecule has 1 N–H and O–H groups in total. The number of hydrogen-bond donors (Lipinski definition) is 1. The second kappa shape index (κ2) is 11.7. The fourth-order valence-electron chi connectivity index (χ4n) is 3.68. The van der Waals surface area contributed by atoms with E-state index in [-0.39, 0.29) is 24.8 Å². The molecule has 0 fully saturated rings. The Hall–Kier alpha value is -4.44. The Morgan fingerprint density at radius 3 is 2.42 bits per heavy atom. The van der Waals surface area contributed by atoms with Gasteiger partial charge in [0.05, 0.1) is 19.6 Å². The third kappa shape index (κ3) is 6.46. The van der Waals surface area contributed by atoms with Crippen LogP contribution in [0, 0.1) is 11.9 Å². The zero-order valence-corrected chi connectivity index (χ0v) is 21.3. The van der Waals surface area contributed by atoms with Crippen molar-refractivity contribution in [3.63, 3.8) is 0 Å². The number of carbonyl (C=O) groups is 1. The van der Waals surface area contributed by atoms with Gasteiger partial charge < -0.3 is 14.8 Å². The first-order valence-electron chi connectivity index (χ1n) is 11.6. The zero-order valence-electron chi connectivity index (χ0n) is 20.6. The maximum atomic E-state index is 13.5. The second-order valence-electron chi connectivity index (χ2n) is 8.45. The molecule has 2 heterocycles. The van der Waals surface area contributed by atoms with Gasteiger partial charge in [-0.15, -0.1) is 0 Å². The molecule has 2 aromatic carbocycles. The van der Waals surface area contributed by atoms with E-state index in [0.29, 0.717) is 16.5 Å². The summed E-state index contributed by atoms with van der Waals surface area (Å²) < 4.78 is 26.0. The highest BCUT2D eigenvalue weighted by Crippen LogP contribution is 2.23. The van der Waals surface area contributed by atoms with Crippen LogP contribution in [0.4, 0.5) is 15.9 Å². The molecule has 0 bridgehead atoms. The van der Waals surface area contributed by atoms with Crippen molar-refractivity contribution >= 4 is 29.1 Å². The Morgan fingerprint density at radius 1 is 1.05 bits per heavy atom. The van der Waals surface area contributed by atoms with Gasteiger partial charge >= 0.3 is 11.7 Å². The summed E-state index contributed by atoms with van der Waals surface area (Å²) in [6.45, 7) is 1.58. The van der Waals surface area contributed by atoms with E-state index in [0.717, 1.165) is 10.1 Å². The summed E-state index contributed by atoms with van der Waals surface area (Å²) >= 11 is 6.00. The third-order valence-electron chi connectivity index (χ3n) is 5.63. The van der Waals surface area contributed by atoms with Crippen LogP contribution in [0.1, 0.15) is 12.5 Å². The van der Waals surface area contributed by atoms with Crippen molar-refractivity contribution in [2.75, 3.05) is 12.4 Å². The summed E-state index contributed by atoms with van der Waals surface area (Å²) in [6, 6.07) is 19.1. The molecule has 0 saturated heterocycles. The smallest absolute Gasteiger partial charge is 0.332 e. The number of anilines is 2. The molecule has 4 rings (SSSR count). The Balaban J connectivity index is 1.65. The van der Waals surface area contributed by atoms with E-state index in [1.54, 1.807) is 55.5 Å². The van der Waals surface area contributed by atoms with Gasteiger partial charge in [0.25, 0.3) is 5.56 Å². The number of halogens is 2. The molecular formula is C27H24ClFN4O5. The number of pyridine rings is 1. The molecule has 0 amide bonds. The lowest BCUT2D eigenvalue weighted by atomic mass is 10.2. The SMILES string of the molecule is COC(=O)[C@@H](C)Cn1c(=O)cc(Nc2ccc(Oc3cccc(F)n3)cc2)n(Cc2ccc(Cl)cc2)c1=O. The number of methoxy groups -OCH3 is 1. The van der Waals surface area contributed by atoms with Crippen molar-refractivity contribution in [3.05, 3.63) is 110 Å². The fraction of sp³-hybridized carbons (Fsp3) is 0.185. The summed E-state index contributed by atoms with van der Waals surface area (Å²) in [4.78, 5) is 41.9. The number of esters is 1. The van der Waals surface area contributed by atoms with E-state index < -0.39 is 29.1 Å². The second-order valence-corrected chi connectivity index (χ2v) is 8.88. The molecule has 2 aromatic heterocycles. The minimum Gasteiger partial charge on any atom is -0.469 e. The third-order valence-corrected chi connectivity index (χ3v) is 5.88. The zero-order chi connectivity index (χ0) is 27.2. The Kier molecular flexibility index (Phi) is 8.22. The number of carbonyl (C=O) groups excluding carboxylic acids is 1. The predicted molar refractivity (Wildman–Crippen MR) is 141 cm³/mol. The molecule has 0 aliphatic carbocycles. The summed E-state index contributed by atoms with van der Waals surface area (Å²) in [5.41, 5.74) is 0.173. The lowest BCUT2D eigenvalue weighted by Gasteiger charge is -2.18. The molecule has 11 heteroatoms. The maximum Gasteiger partial charge on any atom is 0.332 e. The molecule has 4 aromatic rings. The van der Waals surface area contributed by atoms with Gasteiger partial charge in [-0.3, -0.25) is 18.7 Å². The van der Waals surface area contributed by atoms with Crippen LogP contribution in [0.15, 0.2) is 82.4 Å². The first-order valence-corrected chi connectivity index (χ1v) is 12.0. The van der Waals surface area contributed by atoms with Gasteiger partial charge in [-0.25, -0.2) is 4.79 Å². The van der Waals surface area contributed by atoms with Gasteiger partial charge in [-0.1, -0.05) is 36.7 Å². The molecule has 0 unspecified atom stereocenters. The van der Waals surface area contributed by atoms with E-state index in [1.165, 1.54) is 35.9 Å². The summed E-state index contributed by atoms with van der Waals surface area (Å²) in [6.07, 6.45) is 0. The molecule has 9 nitrogen and oxygen atoms in total. The largest absolute Gasteiger partial charge is 0.469 e. The molecule has 0 aliphatic rings. The van der Waals surface area contributed by atoms with Crippen molar-refractivity contribution < 1.29 is 18.7 Å². The highest BCUT2D eigenvalue weighted by molar-refractivity contribution is 6.30. The highest BCUT2D eigenvalue weighted by Gasteiger charge is 2.19. The highest BCUT2D eigenvalue weighted by atomic mass is 35.5. The topological polar surface area (TPSA) is 104 Å². The molecule has 38 heavy (non-hydrogen) atoms. The normalized spacial score (nSPS) is 11.6. The van der Waals surface area contributed by atoms with Crippen LogP contribution >= 0.6 is 11.6 Å². The number of nitrogens with zero attached hydrogens (tertiary/aromatic N) is 3. The Morgan fingerprint density at radius 2 is 1.76 bits per heavy atom. The minimum absolute atomic E-state index is 0.104. The van der Waals surface area contributed by atoms with Gasteiger partial charge in [0.2, 0.25) is 11.8 Å². The average molecular weight is 539 g/mol. The number of hydrogen-bond acceptors (Lipinski definition) is 7. The lowest BCUT2D eigenvalue weighted by Crippen LogP contribution is -2.42. The van der Waals surface area contributed by atoms with E-state index >= 15 is 0 Å². The first kappa shape index (κ1) is 26.6. The minimum atomic E-state index is -0.701. The maximum absolute atomic E-state index is 13.5. The number of aromatic nitrogens is 3. The van der Waals surface area contributed by atoms with E-state index in [4.69, 9.17) is 21.1 Å². The Bertz CT molecular complexity index is 1550. The van der Waals surface area contributed by atoms with Crippen LogP contribution in [0.3, 0.4) is 0 Å². The van der Waals surface area contributed by atoms with Gasteiger partial charge in [0.1, 0.15) is 11.6 Å². The average Bonchev–Trinajstić information content (AvgIpc) is 2.90. The number of ether oxygens (including phenoxy) is 2. The molecule has 1 atom stereocenters. The Labute approximate surface area is 222 Å². The molecule has 0 radical (unpaired) electrons. The molecule has 0 spiro atoms. The fourth-order valence-corrected chi connectivity index (χ4v) is 3.81. The van der Waals surface area contributed by atoms with Crippen LogP contribution in [0.25, 0.3) is 0 Å². The van der Waals surface area contributed by atoms with E-state index in [1.807, 2.05) is 0 Å². The van der Waals surface area contributed by atoms with Crippen molar-refractivity contribution in [3.8, 4) is 11.6 Å². The van der Waals surface area contributed by atoms with Crippen LogP contribution in [-0.4, -0.2) is 27.2 Å². The molecule has 0 aliphatic heterocycles. The van der Waals surface area contributed by atoms with Crippen molar-refractivity contribution in [1.29, 1.82) is 0 Å². The van der Waals surface area contributed by atoms with Crippen molar-refractivity contribution in [2.45, 2.75) is 20.0 Å². The predicted octanol–water partition coefficient (Wildman–Crippen LogP) is 4.59. The van der Waals surface area contributed by atoms with Gasteiger partial charge in [0, 0.05) is 29.4 Å². The number of nitrogens with one attached hydrogen (secondary N) is 1. The molecular weight excluding hydrogens is 515 g/mol. The van der Waals surface area contributed by atoms with E-state index in [9.17, 15) is 18.8 Å². The number of rotatable bonds is 9.